The van der Waals surface area contributed by atoms with Gasteiger partial charge in [-0.2, -0.15) is 0 Å². The Morgan fingerprint density at radius 3 is 2.56 bits per heavy atom. The van der Waals surface area contributed by atoms with E-state index in [1.165, 1.54) is 25.1 Å². The quantitative estimate of drug-likeness (QED) is 0.548. The predicted molar refractivity (Wildman–Crippen MR) is 95.2 cm³/mol. The summed E-state index contributed by atoms with van der Waals surface area (Å²) in [6, 6.07) is 11.2. The van der Waals surface area contributed by atoms with E-state index in [2.05, 4.69) is 4.74 Å². The minimum Gasteiger partial charge on any atom is -0.424 e. The van der Waals surface area contributed by atoms with Crippen molar-refractivity contribution in [3.63, 3.8) is 0 Å². The number of halogens is 4. The molecule has 0 N–H and O–H groups in total. The van der Waals surface area contributed by atoms with Crippen LogP contribution in [0.5, 0.6) is 11.5 Å². The molecule has 0 aliphatic rings. The second-order valence-corrected chi connectivity index (χ2v) is 6.39. The number of fused-ring (bicyclic) bond motifs is 1. The van der Waals surface area contributed by atoms with Gasteiger partial charge in [-0.25, -0.2) is 0 Å². The van der Waals surface area contributed by atoms with Crippen molar-refractivity contribution in [1.29, 1.82) is 0 Å². The van der Waals surface area contributed by atoms with Crippen molar-refractivity contribution in [3.8, 4) is 11.5 Å². The first-order valence-electron chi connectivity index (χ1n) is 7.95. The summed E-state index contributed by atoms with van der Waals surface area (Å²) >= 11 is 6.02. The molecule has 0 saturated heterocycles. The van der Waals surface area contributed by atoms with Gasteiger partial charge in [0.1, 0.15) is 5.75 Å². The molecule has 0 amide bonds. The second kappa shape index (κ2) is 7.15. The van der Waals surface area contributed by atoms with E-state index >= 15 is 0 Å². The third-order valence-corrected chi connectivity index (χ3v) is 4.18. The Bertz CT molecular complexity index is 1010. The van der Waals surface area contributed by atoms with Crippen molar-refractivity contribution >= 4 is 28.5 Å². The van der Waals surface area contributed by atoms with Crippen LogP contribution in [0.2, 0.25) is 5.02 Å². The van der Waals surface area contributed by atoms with Crippen molar-refractivity contribution in [1.82, 2.24) is 4.57 Å². The number of alkyl halides is 3. The maximum absolute atomic E-state index is 12.5. The number of hydrogen-bond donors (Lipinski definition) is 0. The number of benzene rings is 2. The van der Waals surface area contributed by atoms with Crippen molar-refractivity contribution in [2.75, 3.05) is 0 Å². The lowest BCUT2D eigenvalue weighted by Gasteiger charge is -2.10. The first kappa shape index (κ1) is 19.1. The lowest BCUT2D eigenvalue weighted by atomic mass is 10.2. The summed E-state index contributed by atoms with van der Waals surface area (Å²) in [6.45, 7) is 3.37. The summed E-state index contributed by atoms with van der Waals surface area (Å²) in [5.74, 6) is -0.752. The third-order valence-electron chi connectivity index (χ3n) is 3.95. The SMILES string of the molecule is CC(=O)Oc1c(C)n(Cc2cccc(Cl)c2)c2ccc(OC(F)(F)F)cc12. The van der Waals surface area contributed by atoms with Crippen molar-refractivity contribution in [2.45, 2.75) is 26.8 Å². The van der Waals surface area contributed by atoms with Crippen LogP contribution in [0.3, 0.4) is 0 Å². The predicted octanol–water partition coefficient (Wildman–Crippen LogP) is 5.48. The molecule has 0 aliphatic carbocycles. The summed E-state index contributed by atoms with van der Waals surface area (Å²) in [4.78, 5) is 11.5. The minimum atomic E-state index is -4.81. The van der Waals surface area contributed by atoms with E-state index in [1.54, 1.807) is 25.1 Å². The van der Waals surface area contributed by atoms with Gasteiger partial charge in [0.05, 0.1) is 11.2 Å². The van der Waals surface area contributed by atoms with Crippen molar-refractivity contribution in [3.05, 3.63) is 58.7 Å². The van der Waals surface area contributed by atoms with Gasteiger partial charge in [-0.1, -0.05) is 23.7 Å². The molecular formula is C19H15ClF3NO3. The van der Waals surface area contributed by atoms with Gasteiger partial charge >= 0.3 is 12.3 Å². The highest BCUT2D eigenvalue weighted by Crippen LogP contribution is 2.37. The monoisotopic (exact) mass is 397 g/mol. The Morgan fingerprint density at radius 1 is 1.19 bits per heavy atom. The highest BCUT2D eigenvalue weighted by atomic mass is 35.5. The Balaban J connectivity index is 2.12. The Morgan fingerprint density at radius 2 is 1.93 bits per heavy atom. The standard InChI is InChI=1S/C19H15ClF3NO3/c1-11-18(26-12(2)25)16-9-15(27-19(21,22)23)6-7-17(16)24(11)10-13-4-3-5-14(20)8-13/h3-9H,10H2,1-2H3. The number of carbonyl (C=O) groups excluding carboxylic acids is 1. The number of ether oxygens (including phenoxy) is 2. The zero-order chi connectivity index (χ0) is 19.8. The molecular weight excluding hydrogens is 383 g/mol. The average molecular weight is 398 g/mol. The molecule has 0 bridgehead atoms. The molecule has 0 unspecified atom stereocenters. The molecule has 27 heavy (non-hydrogen) atoms. The van der Waals surface area contributed by atoms with Crippen molar-refractivity contribution < 1.29 is 27.4 Å². The molecule has 3 aromatic rings. The maximum atomic E-state index is 12.5. The van der Waals surface area contributed by atoms with E-state index in [0.29, 0.717) is 28.2 Å². The van der Waals surface area contributed by atoms with Crippen LogP contribution in [0.25, 0.3) is 10.9 Å². The van der Waals surface area contributed by atoms with Gasteiger partial charge in [-0.3, -0.25) is 4.79 Å². The van der Waals surface area contributed by atoms with E-state index in [-0.39, 0.29) is 11.5 Å². The molecule has 0 fully saturated rings. The van der Waals surface area contributed by atoms with Gasteiger partial charge in [0.25, 0.3) is 0 Å². The fraction of sp³-hybridized carbons (Fsp3) is 0.211. The molecule has 8 heteroatoms. The fourth-order valence-electron chi connectivity index (χ4n) is 2.92. The highest BCUT2D eigenvalue weighted by Gasteiger charge is 2.31. The fourth-order valence-corrected chi connectivity index (χ4v) is 3.13. The Labute approximate surface area is 158 Å². The number of aromatic nitrogens is 1. The lowest BCUT2D eigenvalue weighted by molar-refractivity contribution is -0.274. The Hall–Kier alpha value is -2.67. The van der Waals surface area contributed by atoms with Crippen LogP contribution >= 0.6 is 11.6 Å². The maximum Gasteiger partial charge on any atom is 0.573 e. The molecule has 0 saturated carbocycles. The average Bonchev–Trinajstić information content (AvgIpc) is 2.78. The topological polar surface area (TPSA) is 40.5 Å². The van der Waals surface area contributed by atoms with Crippen LogP contribution < -0.4 is 9.47 Å². The molecule has 0 atom stereocenters. The number of carbonyl (C=O) groups is 1. The minimum absolute atomic E-state index is 0.201. The third kappa shape index (κ3) is 4.36. The van der Waals surface area contributed by atoms with Gasteiger partial charge in [-0.05, 0) is 42.8 Å². The molecule has 0 spiro atoms. The number of rotatable bonds is 4. The summed E-state index contributed by atoms with van der Waals surface area (Å²) in [5.41, 5.74) is 2.11. The highest BCUT2D eigenvalue weighted by molar-refractivity contribution is 6.30. The van der Waals surface area contributed by atoms with Gasteiger partial charge in [0.2, 0.25) is 0 Å². The smallest absolute Gasteiger partial charge is 0.424 e. The zero-order valence-corrected chi connectivity index (χ0v) is 15.2. The van der Waals surface area contributed by atoms with Crippen LogP contribution in [0.1, 0.15) is 18.2 Å². The van der Waals surface area contributed by atoms with Gasteiger partial charge < -0.3 is 14.0 Å². The summed E-state index contributed by atoms with van der Waals surface area (Å²) < 4.78 is 48.7. The van der Waals surface area contributed by atoms with Crippen LogP contribution in [0.15, 0.2) is 42.5 Å². The van der Waals surface area contributed by atoms with E-state index in [9.17, 15) is 18.0 Å². The van der Waals surface area contributed by atoms with Crippen LogP contribution in [-0.2, 0) is 11.3 Å². The second-order valence-electron chi connectivity index (χ2n) is 5.95. The largest absolute Gasteiger partial charge is 0.573 e. The lowest BCUT2D eigenvalue weighted by Crippen LogP contribution is -2.17. The first-order valence-corrected chi connectivity index (χ1v) is 8.33. The molecule has 4 nitrogen and oxygen atoms in total. The zero-order valence-electron chi connectivity index (χ0n) is 14.4. The van der Waals surface area contributed by atoms with Crippen LogP contribution in [0, 0.1) is 6.92 Å². The normalized spacial score (nSPS) is 11.6. The van der Waals surface area contributed by atoms with Crippen molar-refractivity contribution in [2.24, 2.45) is 0 Å². The number of hydrogen-bond acceptors (Lipinski definition) is 3. The summed E-state index contributed by atoms with van der Waals surface area (Å²) in [6.07, 6.45) is -4.81. The molecule has 1 heterocycles. The van der Waals surface area contributed by atoms with Crippen LogP contribution in [0.4, 0.5) is 13.2 Å². The van der Waals surface area contributed by atoms with Gasteiger partial charge in [0, 0.05) is 23.9 Å². The molecule has 1 aromatic heterocycles. The molecule has 142 valence electrons. The van der Waals surface area contributed by atoms with E-state index in [0.717, 1.165) is 5.56 Å². The first-order chi connectivity index (χ1) is 12.6. The Kier molecular flexibility index (Phi) is 5.06. The van der Waals surface area contributed by atoms with E-state index in [1.807, 2.05) is 10.6 Å². The summed E-state index contributed by atoms with van der Waals surface area (Å²) in [5, 5.41) is 0.925. The van der Waals surface area contributed by atoms with Gasteiger partial charge in [-0.15, -0.1) is 13.2 Å². The van der Waals surface area contributed by atoms with E-state index < -0.39 is 12.3 Å². The van der Waals surface area contributed by atoms with E-state index in [4.69, 9.17) is 16.3 Å². The molecule has 2 aromatic carbocycles. The molecule has 0 radical (unpaired) electrons. The molecule has 3 rings (SSSR count). The summed E-state index contributed by atoms with van der Waals surface area (Å²) in [7, 11) is 0. The number of nitrogens with zero attached hydrogens (tertiary/aromatic N) is 1. The molecule has 0 aliphatic heterocycles. The number of esters is 1. The van der Waals surface area contributed by atoms with Crippen LogP contribution in [-0.4, -0.2) is 16.9 Å². The van der Waals surface area contributed by atoms with Gasteiger partial charge in [0.15, 0.2) is 5.75 Å².